The van der Waals surface area contributed by atoms with E-state index in [9.17, 15) is 9.59 Å². The molecule has 7 nitrogen and oxygen atoms in total. The summed E-state index contributed by atoms with van der Waals surface area (Å²) in [6.45, 7) is 4.38. The maximum Gasteiger partial charge on any atom is 0.251 e. The minimum atomic E-state index is -0.263. The summed E-state index contributed by atoms with van der Waals surface area (Å²) in [6, 6.07) is 13.9. The Morgan fingerprint density at radius 2 is 1.87 bits per heavy atom. The second-order valence-corrected chi connectivity index (χ2v) is 8.01. The number of thioether (sulfide) groups is 1. The van der Waals surface area contributed by atoms with Gasteiger partial charge in [-0.1, -0.05) is 65.3 Å². The number of allylic oxidation sites excluding steroid dienone is 1. The van der Waals surface area contributed by atoms with Gasteiger partial charge < -0.3 is 15.2 Å². The Kier molecular flexibility index (Phi) is 8.11. The molecule has 0 spiro atoms. The first-order valence-corrected chi connectivity index (χ1v) is 11.0. The Balaban J connectivity index is 1.61. The highest BCUT2D eigenvalue weighted by molar-refractivity contribution is 7.99. The fraction of sp³-hybridized carbons (Fsp3) is 0.143. The van der Waals surface area contributed by atoms with Crippen molar-refractivity contribution in [3.63, 3.8) is 0 Å². The number of nitrogens with zero attached hydrogens (tertiary/aromatic N) is 3. The number of hydrogen-bond acceptors (Lipinski definition) is 5. The lowest BCUT2D eigenvalue weighted by Crippen LogP contribution is -2.24. The topological polar surface area (TPSA) is 88.9 Å². The number of carbonyl (C=O) groups excluding carboxylic acids is 2. The van der Waals surface area contributed by atoms with Crippen LogP contribution < -0.4 is 10.6 Å². The quantitative estimate of drug-likeness (QED) is 0.352. The summed E-state index contributed by atoms with van der Waals surface area (Å²) < 4.78 is 1.79. The molecule has 0 atom stereocenters. The summed E-state index contributed by atoms with van der Waals surface area (Å²) >= 11 is 13.3. The van der Waals surface area contributed by atoms with Crippen LogP contribution in [0, 0.1) is 0 Å². The van der Waals surface area contributed by atoms with Crippen LogP contribution in [0.4, 0.5) is 5.69 Å². The lowest BCUT2D eigenvalue weighted by Gasteiger charge is -2.10. The van der Waals surface area contributed by atoms with Crippen LogP contribution in [0.5, 0.6) is 0 Å². The first-order valence-electron chi connectivity index (χ1n) is 9.22. The van der Waals surface area contributed by atoms with E-state index in [-0.39, 0.29) is 29.1 Å². The van der Waals surface area contributed by atoms with E-state index in [1.165, 1.54) is 11.8 Å². The summed E-state index contributed by atoms with van der Waals surface area (Å²) in [5.41, 5.74) is 1.000. The number of carbonyl (C=O) groups is 2. The Labute approximate surface area is 193 Å². The van der Waals surface area contributed by atoms with Gasteiger partial charge in [0.15, 0.2) is 11.0 Å². The molecule has 0 bridgehead atoms. The van der Waals surface area contributed by atoms with E-state index < -0.39 is 0 Å². The van der Waals surface area contributed by atoms with E-state index in [4.69, 9.17) is 23.2 Å². The number of halogens is 2. The largest absolute Gasteiger partial charge is 0.345 e. The summed E-state index contributed by atoms with van der Waals surface area (Å²) in [5.74, 6) is 0.182. The molecule has 0 aliphatic rings. The Morgan fingerprint density at radius 1 is 1.10 bits per heavy atom. The number of rotatable bonds is 9. The zero-order chi connectivity index (χ0) is 22.2. The van der Waals surface area contributed by atoms with E-state index >= 15 is 0 Å². The highest BCUT2D eigenvalue weighted by Gasteiger charge is 2.15. The summed E-state index contributed by atoms with van der Waals surface area (Å²) in [7, 11) is 0. The second-order valence-electron chi connectivity index (χ2n) is 6.29. The SMILES string of the molecule is C=CCn1c(CNC(=O)c2ccccc2)nnc1SCC(=O)Nc1cccc(Cl)c1Cl. The van der Waals surface area contributed by atoms with Crippen LogP contribution in [0.1, 0.15) is 16.2 Å². The van der Waals surface area contributed by atoms with Crippen LogP contribution in [0.3, 0.4) is 0 Å². The molecule has 0 aliphatic heterocycles. The van der Waals surface area contributed by atoms with Crippen molar-refractivity contribution in [2.75, 3.05) is 11.1 Å². The van der Waals surface area contributed by atoms with Gasteiger partial charge in [-0.2, -0.15) is 0 Å². The third-order valence-corrected chi connectivity index (χ3v) is 5.89. The van der Waals surface area contributed by atoms with E-state index in [1.807, 2.05) is 6.07 Å². The van der Waals surface area contributed by atoms with Crippen LogP contribution >= 0.6 is 35.0 Å². The molecule has 2 N–H and O–H groups in total. The molecule has 0 aliphatic carbocycles. The van der Waals surface area contributed by atoms with Gasteiger partial charge in [-0.05, 0) is 24.3 Å². The third-order valence-electron chi connectivity index (χ3n) is 4.11. The Bertz CT molecular complexity index is 1090. The van der Waals surface area contributed by atoms with Crippen molar-refractivity contribution in [1.82, 2.24) is 20.1 Å². The smallest absolute Gasteiger partial charge is 0.251 e. The highest BCUT2D eigenvalue weighted by atomic mass is 35.5. The Morgan fingerprint density at radius 3 is 2.61 bits per heavy atom. The van der Waals surface area contributed by atoms with Crippen molar-refractivity contribution in [2.45, 2.75) is 18.2 Å². The molecule has 1 heterocycles. The molecule has 0 saturated heterocycles. The number of nitrogens with one attached hydrogen (secondary N) is 2. The van der Waals surface area contributed by atoms with E-state index in [2.05, 4.69) is 27.4 Å². The molecule has 160 valence electrons. The van der Waals surface area contributed by atoms with E-state index in [1.54, 1.807) is 53.1 Å². The van der Waals surface area contributed by atoms with Crippen LogP contribution in [0.25, 0.3) is 0 Å². The number of benzene rings is 2. The third kappa shape index (κ3) is 6.10. The first kappa shape index (κ1) is 22.9. The molecule has 3 aromatic rings. The molecular weight excluding hydrogens is 457 g/mol. The van der Waals surface area contributed by atoms with Crippen LogP contribution in [0.15, 0.2) is 66.3 Å². The molecule has 1 aromatic heterocycles. The second kappa shape index (κ2) is 11.0. The van der Waals surface area contributed by atoms with Crippen molar-refractivity contribution in [2.24, 2.45) is 0 Å². The normalized spacial score (nSPS) is 10.5. The van der Waals surface area contributed by atoms with Gasteiger partial charge >= 0.3 is 0 Å². The molecule has 31 heavy (non-hydrogen) atoms. The molecule has 10 heteroatoms. The lowest BCUT2D eigenvalue weighted by molar-refractivity contribution is -0.113. The van der Waals surface area contributed by atoms with Crippen LogP contribution in [0.2, 0.25) is 10.0 Å². The minimum Gasteiger partial charge on any atom is -0.345 e. The van der Waals surface area contributed by atoms with Crippen molar-refractivity contribution in [3.8, 4) is 0 Å². The molecular formula is C21H19Cl2N5O2S. The van der Waals surface area contributed by atoms with Crippen molar-refractivity contribution in [1.29, 1.82) is 0 Å². The van der Waals surface area contributed by atoms with Gasteiger partial charge in [0.2, 0.25) is 5.91 Å². The fourth-order valence-electron chi connectivity index (χ4n) is 2.64. The molecule has 3 rings (SSSR count). The first-order chi connectivity index (χ1) is 15.0. The average Bonchev–Trinajstić information content (AvgIpc) is 3.16. The predicted molar refractivity (Wildman–Crippen MR) is 124 cm³/mol. The van der Waals surface area contributed by atoms with Gasteiger partial charge in [-0.25, -0.2) is 0 Å². The van der Waals surface area contributed by atoms with Gasteiger partial charge in [-0.15, -0.1) is 16.8 Å². The van der Waals surface area contributed by atoms with Gasteiger partial charge in [0.05, 0.1) is 28.0 Å². The summed E-state index contributed by atoms with van der Waals surface area (Å²) in [6.07, 6.45) is 1.70. The standard InChI is InChI=1S/C21H19Cl2N5O2S/c1-2-11-28-17(12-24-20(30)14-7-4-3-5-8-14)26-27-21(28)31-13-18(29)25-16-10-6-9-15(22)19(16)23/h2-10H,1,11-13H2,(H,24,30)(H,25,29). The van der Waals surface area contributed by atoms with Crippen molar-refractivity contribution in [3.05, 3.63) is 82.6 Å². The fourth-order valence-corrected chi connectivity index (χ4v) is 3.75. The maximum absolute atomic E-state index is 12.3. The van der Waals surface area contributed by atoms with Gasteiger partial charge in [0.1, 0.15) is 0 Å². The molecule has 0 fully saturated rings. The molecule has 2 amide bonds. The van der Waals surface area contributed by atoms with Crippen molar-refractivity contribution < 1.29 is 9.59 Å². The number of hydrogen-bond donors (Lipinski definition) is 2. The maximum atomic E-state index is 12.3. The minimum absolute atomic E-state index is 0.0918. The Hall–Kier alpha value is -2.81. The van der Waals surface area contributed by atoms with Gasteiger partial charge in [0, 0.05) is 12.1 Å². The predicted octanol–water partition coefficient (Wildman–Crippen LogP) is 4.43. The monoisotopic (exact) mass is 475 g/mol. The van der Waals surface area contributed by atoms with Gasteiger partial charge in [0.25, 0.3) is 5.91 Å². The summed E-state index contributed by atoms with van der Waals surface area (Å²) in [4.78, 5) is 24.6. The lowest BCUT2D eigenvalue weighted by atomic mass is 10.2. The average molecular weight is 476 g/mol. The van der Waals surface area contributed by atoms with Gasteiger partial charge in [-0.3, -0.25) is 9.59 Å². The van der Waals surface area contributed by atoms with E-state index in [0.717, 1.165) is 0 Å². The zero-order valence-corrected chi connectivity index (χ0v) is 18.7. The van der Waals surface area contributed by atoms with Crippen LogP contribution in [-0.4, -0.2) is 32.3 Å². The molecule has 2 aromatic carbocycles. The molecule has 0 radical (unpaired) electrons. The highest BCUT2D eigenvalue weighted by Crippen LogP contribution is 2.29. The summed E-state index contributed by atoms with van der Waals surface area (Å²) in [5, 5.41) is 15.0. The molecule has 0 saturated carbocycles. The van der Waals surface area contributed by atoms with Crippen molar-refractivity contribution >= 4 is 52.5 Å². The number of aromatic nitrogens is 3. The van der Waals surface area contributed by atoms with E-state index in [0.29, 0.717) is 33.8 Å². The zero-order valence-electron chi connectivity index (χ0n) is 16.3. The van der Waals surface area contributed by atoms with Crippen LogP contribution in [-0.2, 0) is 17.9 Å². The molecule has 0 unspecified atom stereocenters. The number of anilines is 1. The number of amides is 2.